The van der Waals surface area contributed by atoms with E-state index in [2.05, 4.69) is 28.6 Å². The summed E-state index contributed by atoms with van der Waals surface area (Å²) in [5.74, 6) is 0. The van der Waals surface area contributed by atoms with Gasteiger partial charge in [0, 0.05) is 49.8 Å². The molecule has 4 nitrogen and oxygen atoms in total. The molecule has 17 heavy (non-hydrogen) atoms. The molecule has 0 spiro atoms. The number of hydrogen-bond donors (Lipinski definition) is 1. The fourth-order valence-electron chi connectivity index (χ4n) is 2.24. The zero-order valence-electron chi connectivity index (χ0n) is 10.7. The van der Waals surface area contributed by atoms with Crippen molar-refractivity contribution in [3.63, 3.8) is 0 Å². The first-order chi connectivity index (χ1) is 8.19. The summed E-state index contributed by atoms with van der Waals surface area (Å²) < 4.78 is 0. The van der Waals surface area contributed by atoms with Crippen LogP contribution >= 0.6 is 11.3 Å². The number of nitrogens with two attached hydrogens (primary N) is 1. The van der Waals surface area contributed by atoms with Crippen LogP contribution < -0.4 is 5.73 Å². The summed E-state index contributed by atoms with van der Waals surface area (Å²) in [6.07, 6.45) is 3.15. The van der Waals surface area contributed by atoms with E-state index in [4.69, 9.17) is 5.73 Å². The van der Waals surface area contributed by atoms with Crippen LogP contribution in [0, 0.1) is 0 Å². The van der Waals surface area contributed by atoms with E-state index in [1.165, 1.54) is 24.4 Å². The highest BCUT2D eigenvalue weighted by atomic mass is 32.1. The molecule has 1 aliphatic rings. The van der Waals surface area contributed by atoms with E-state index in [9.17, 15) is 0 Å². The Hall–Kier alpha value is -0.650. The summed E-state index contributed by atoms with van der Waals surface area (Å²) >= 11 is 1.60. The molecule has 1 aromatic heterocycles. The molecule has 1 unspecified atom stereocenters. The van der Waals surface area contributed by atoms with E-state index in [1.807, 2.05) is 6.20 Å². The molecule has 1 saturated heterocycles. The van der Waals surface area contributed by atoms with Gasteiger partial charge in [0.1, 0.15) is 0 Å². The van der Waals surface area contributed by atoms with Gasteiger partial charge in [-0.15, -0.1) is 11.3 Å². The van der Waals surface area contributed by atoms with Crippen LogP contribution in [-0.4, -0.2) is 47.0 Å². The lowest BCUT2D eigenvalue weighted by atomic mass is 10.2. The molecule has 0 radical (unpaired) electrons. The lowest BCUT2D eigenvalue weighted by Crippen LogP contribution is -2.48. The highest BCUT2D eigenvalue weighted by Gasteiger charge is 2.20. The number of nitrogen functional groups attached to an aromatic ring is 1. The maximum Gasteiger partial charge on any atom is 0.180 e. The molecule has 2 N–H and O–H groups in total. The monoisotopic (exact) mass is 254 g/mol. The number of aromatic nitrogens is 1. The van der Waals surface area contributed by atoms with Gasteiger partial charge in [0.2, 0.25) is 0 Å². The first kappa shape index (κ1) is 12.8. The van der Waals surface area contributed by atoms with Crippen LogP contribution in [0.5, 0.6) is 0 Å². The summed E-state index contributed by atoms with van der Waals surface area (Å²) in [5, 5.41) is 0.679. The Kier molecular flexibility index (Phi) is 4.36. The minimum Gasteiger partial charge on any atom is -0.375 e. The largest absolute Gasteiger partial charge is 0.375 e. The van der Waals surface area contributed by atoms with Crippen molar-refractivity contribution < 1.29 is 0 Å². The Labute approximate surface area is 107 Å². The standard InChI is InChI=1S/C12H22N4S/c1-3-10(2)16-6-4-15(5-7-16)9-11-8-14-12(13)17-11/h8,10H,3-7,9H2,1-2H3,(H2,13,14). The van der Waals surface area contributed by atoms with Crippen molar-refractivity contribution >= 4 is 16.5 Å². The molecule has 0 aromatic carbocycles. The molecule has 0 aliphatic carbocycles. The van der Waals surface area contributed by atoms with Gasteiger partial charge in [-0.05, 0) is 13.3 Å². The normalized spacial score (nSPS) is 20.6. The average molecular weight is 254 g/mol. The third kappa shape index (κ3) is 3.40. The highest BCUT2D eigenvalue weighted by Crippen LogP contribution is 2.18. The second kappa shape index (κ2) is 5.80. The molecule has 96 valence electrons. The number of nitrogens with zero attached hydrogens (tertiary/aromatic N) is 3. The predicted molar refractivity (Wildman–Crippen MR) is 73.1 cm³/mol. The van der Waals surface area contributed by atoms with Crippen molar-refractivity contribution in [1.82, 2.24) is 14.8 Å². The summed E-state index contributed by atoms with van der Waals surface area (Å²) in [6, 6.07) is 0.719. The van der Waals surface area contributed by atoms with Crippen molar-refractivity contribution in [2.24, 2.45) is 0 Å². The third-order valence-corrected chi connectivity index (χ3v) is 4.38. The van der Waals surface area contributed by atoms with E-state index in [1.54, 1.807) is 11.3 Å². The maximum absolute atomic E-state index is 5.64. The molecule has 1 aromatic rings. The van der Waals surface area contributed by atoms with Crippen molar-refractivity contribution in [2.75, 3.05) is 31.9 Å². The molecular formula is C12H22N4S. The van der Waals surface area contributed by atoms with Gasteiger partial charge in [0.05, 0.1) is 0 Å². The molecule has 1 fully saturated rings. The fourth-order valence-corrected chi connectivity index (χ4v) is 2.96. The molecule has 0 saturated carbocycles. The SMILES string of the molecule is CCC(C)N1CCN(Cc2cnc(N)s2)CC1. The molecule has 2 rings (SSSR count). The number of anilines is 1. The second-order valence-corrected chi connectivity index (χ2v) is 5.88. The Bertz CT molecular complexity index is 344. The van der Waals surface area contributed by atoms with E-state index in [-0.39, 0.29) is 0 Å². The van der Waals surface area contributed by atoms with Crippen molar-refractivity contribution in [3.05, 3.63) is 11.1 Å². The Morgan fingerprint density at radius 1 is 1.41 bits per heavy atom. The average Bonchev–Trinajstić information content (AvgIpc) is 2.75. The highest BCUT2D eigenvalue weighted by molar-refractivity contribution is 7.15. The van der Waals surface area contributed by atoms with Gasteiger partial charge in [-0.2, -0.15) is 0 Å². The van der Waals surface area contributed by atoms with Crippen LogP contribution in [0.25, 0.3) is 0 Å². The predicted octanol–water partition coefficient (Wildman–Crippen LogP) is 1.64. The first-order valence-electron chi connectivity index (χ1n) is 6.35. The van der Waals surface area contributed by atoms with Crippen molar-refractivity contribution in [3.8, 4) is 0 Å². The third-order valence-electron chi connectivity index (χ3n) is 3.57. The van der Waals surface area contributed by atoms with Crippen LogP contribution in [0.4, 0.5) is 5.13 Å². The van der Waals surface area contributed by atoms with Crippen LogP contribution in [0.15, 0.2) is 6.20 Å². The van der Waals surface area contributed by atoms with Gasteiger partial charge in [0.25, 0.3) is 0 Å². The van der Waals surface area contributed by atoms with Crippen LogP contribution in [0.3, 0.4) is 0 Å². The topological polar surface area (TPSA) is 45.4 Å². The minimum atomic E-state index is 0.679. The first-order valence-corrected chi connectivity index (χ1v) is 7.17. The minimum absolute atomic E-state index is 0.679. The van der Waals surface area contributed by atoms with Crippen molar-refractivity contribution in [1.29, 1.82) is 0 Å². The second-order valence-electron chi connectivity index (χ2n) is 4.73. The summed E-state index contributed by atoms with van der Waals surface area (Å²) in [5.41, 5.74) is 5.64. The van der Waals surface area contributed by atoms with Gasteiger partial charge >= 0.3 is 0 Å². The van der Waals surface area contributed by atoms with Crippen LogP contribution in [0.1, 0.15) is 25.1 Å². The van der Waals surface area contributed by atoms with E-state index < -0.39 is 0 Å². The lowest BCUT2D eigenvalue weighted by molar-refractivity contribution is 0.0969. The summed E-state index contributed by atoms with van der Waals surface area (Å²) in [6.45, 7) is 10.3. The Morgan fingerprint density at radius 2 is 2.12 bits per heavy atom. The van der Waals surface area contributed by atoms with Gasteiger partial charge < -0.3 is 5.73 Å². The maximum atomic E-state index is 5.64. The Balaban J connectivity index is 1.79. The summed E-state index contributed by atoms with van der Waals surface area (Å²) in [4.78, 5) is 10.4. The Morgan fingerprint density at radius 3 is 2.65 bits per heavy atom. The zero-order valence-corrected chi connectivity index (χ0v) is 11.5. The lowest BCUT2D eigenvalue weighted by Gasteiger charge is -2.37. The molecular weight excluding hydrogens is 232 g/mol. The van der Waals surface area contributed by atoms with E-state index in [0.717, 1.165) is 25.7 Å². The van der Waals surface area contributed by atoms with Crippen LogP contribution in [-0.2, 0) is 6.54 Å². The van der Waals surface area contributed by atoms with Gasteiger partial charge in [0.15, 0.2) is 5.13 Å². The van der Waals surface area contributed by atoms with Crippen molar-refractivity contribution in [2.45, 2.75) is 32.9 Å². The smallest absolute Gasteiger partial charge is 0.180 e. The number of rotatable bonds is 4. The molecule has 1 aliphatic heterocycles. The molecule has 0 amide bonds. The van der Waals surface area contributed by atoms with E-state index >= 15 is 0 Å². The summed E-state index contributed by atoms with van der Waals surface area (Å²) in [7, 11) is 0. The quantitative estimate of drug-likeness (QED) is 0.887. The molecule has 1 atom stereocenters. The molecule has 0 bridgehead atoms. The van der Waals surface area contributed by atoms with Crippen LogP contribution in [0.2, 0.25) is 0 Å². The number of hydrogen-bond acceptors (Lipinski definition) is 5. The number of thiazole rings is 1. The van der Waals surface area contributed by atoms with Gasteiger partial charge in [-0.1, -0.05) is 6.92 Å². The molecule has 5 heteroatoms. The zero-order chi connectivity index (χ0) is 12.3. The van der Waals surface area contributed by atoms with Gasteiger partial charge in [-0.25, -0.2) is 4.98 Å². The van der Waals surface area contributed by atoms with Gasteiger partial charge in [-0.3, -0.25) is 9.80 Å². The van der Waals surface area contributed by atoms with E-state index in [0.29, 0.717) is 5.13 Å². The number of piperazine rings is 1. The molecule has 2 heterocycles. The fraction of sp³-hybridized carbons (Fsp3) is 0.750.